The molecule has 3 nitrogen and oxygen atoms in total. The number of nitrogens with zero attached hydrogens (tertiary/aromatic N) is 1. The number of allylic oxidation sites excluding steroid dienone is 2. The zero-order valence-corrected chi connectivity index (χ0v) is 14.3. The zero-order chi connectivity index (χ0) is 16.3. The van der Waals surface area contributed by atoms with Crippen LogP contribution in [-0.2, 0) is 9.59 Å². The monoisotopic (exact) mass is 307 g/mol. The number of aliphatic imine (C=N–C) groups is 1. The fourth-order valence-electron chi connectivity index (χ4n) is 2.45. The molecule has 0 spiro atoms. The van der Waals surface area contributed by atoms with Crippen molar-refractivity contribution < 1.29 is 9.59 Å². The van der Waals surface area contributed by atoms with Crippen LogP contribution in [0.2, 0.25) is 0 Å². The van der Waals surface area contributed by atoms with Crippen LogP contribution in [0.4, 0.5) is 0 Å². The molecular formula is C19H33NO2. The Balaban J connectivity index is 3.17. The van der Waals surface area contributed by atoms with Gasteiger partial charge in [-0.2, -0.15) is 0 Å². The first kappa shape index (κ1) is 20.8. The second kappa shape index (κ2) is 17.8. The van der Waals surface area contributed by atoms with E-state index in [-0.39, 0.29) is 5.91 Å². The van der Waals surface area contributed by atoms with E-state index in [1.54, 1.807) is 0 Å². The van der Waals surface area contributed by atoms with Gasteiger partial charge in [-0.15, -0.1) is 4.99 Å². The maximum atomic E-state index is 10.9. The van der Waals surface area contributed by atoms with Gasteiger partial charge in [0, 0.05) is 6.42 Å². The lowest BCUT2D eigenvalue weighted by atomic mass is 10.1. The van der Waals surface area contributed by atoms with Crippen LogP contribution in [0.5, 0.6) is 0 Å². The van der Waals surface area contributed by atoms with E-state index in [0.29, 0.717) is 6.42 Å². The molecular weight excluding hydrogens is 274 g/mol. The van der Waals surface area contributed by atoms with Crippen LogP contribution in [-0.4, -0.2) is 12.0 Å². The van der Waals surface area contributed by atoms with Crippen LogP contribution in [0.1, 0.15) is 96.8 Å². The molecule has 22 heavy (non-hydrogen) atoms. The van der Waals surface area contributed by atoms with Crippen LogP contribution < -0.4 is 0 Å². The molecule has 0 aromatic carbocycles. The molecule has 0 saturated carbocycles. The minimum atomic E-state index is -0.340. The van der Waals surface area contributed by atoms with Crippen molar-refractivity contribution >= 4 is 12.0 Å². The fourth-order valence-corrected chi connectivity index (χ4v) is 2.45. The molecule has 0 aromatic rings. The van der Waals surface area contributed by atoms with Crippen molar-refractivity contribution in [3.63, 3.8) is 0 Å². The normalized spacial score (nSPS) is 10.8. The van der Waals surface area contributed by atoms with Crippen LogP contribution in [0, 0.1) is 0 Å². The second-order valence-corrected chi connectivity index (χ2v) is 5.93. The van der Waals surface area contributed by atoms with E-state index >= 15 is 0 Å². The molecule has 0 aromatic heterocycles. The van der Waals surface area contributed by atoms with Gasteiger partial charge in [0.2, 0.25) is 6.08 Å². The number of hydrogen-bond acceptors (Lipinski definition) is 2. The summed E-state index contributed by atoms with van der Waals surface area (Å²) in [5, 5.41) is 0. The van der Waals surface area contributed by atoms with Crippen molar-refractivity contribution in [1.29, 1.82) is 0 Å². The van der Waals surface area contributed by atoms with Crippen molar-refractivity contribution in [2.75, 3.05) is 0 Å². The van der Waals surface area contributed by atoms with Crippen LogP contribution in [0.25, 0.3) is 0 Å². The minimum absolute atomic E-state index is 0.340. The molecule has 0 saturated heterocycles. The average molecular weight is 307 g/mol. The van der Waals surface area contributed by atoms with Gasteiger partial charge >= 0.3 is 0 Å². The average Bonchev–Trinajstić information content (AvgIpc) is 2.51. The summed E-state index contributed by atoms with van der Waals surface area (Å²) in [6, 6.07) is 0. The Labute approximate surface area is 136 Å². The summed E-state index contributed by atoms with van der Waals surface area (Å²) in [4.78, 5) is 23.9. The number of amides is 1. The Morgan fingerprint density at radius 1 is 0.818 bits per heavy atom. The molecule has 3 heteroatoms. The largest absolute Gasteiger partial charge is 0.272 e. The van der Waals surface area contributed by atoms with Gasteiger partial charge in [0.25, 0.3) is 5.91 Å². The third-order valence-electron chi connectivity index (χ3n) is 3.82. The topological polar surface area (TPSA) is 46.5 Å². The molecule has 0 fully saturated rings. The van der Waals surface area contributed by atoms with E-state index in [4.69, 9.17) is 0 Å². The summed E-state index contributed by atoms with van der Waals surface area (Å²) < 4.78 is 0. The molecule has 0 bridgehead atoms. The highest BCUT2D eigenvalue weighted by Crippen LogP contribution is 2.10. The lowest BCUT2D eigenvalue weighted by Crippen LogP contribution is -1.92. The highest BCUT2D eigenvalue weighted by molar-refractivity contribution is 5.81. The molecule has 0 rings (SSSR count). The highest BCUT2D eigenvalue weighted by atomic mass is 16.2. The Morgan fingerprint density at radius 3 is 1.86 bits per heavy atom. The van der Waals surface area contributed by atoms with E-state index in [1.165, 1.54) is 70.3 Å². The lowest BCUT2D eigenvalue weighted by Gasteiger charge is -1.99. The molecule has 0 aliphatic rings. The molecule has 0 N–H and O–H groups in total. The van der Waals surface area contributed by atoms with E-state index in [9.17, 15) is 9.59 Å². The van der Waals surface area contributed by atoms with Crippen molar-refractivity contribution in [1.82, 2.24) is 0 Å². The van der Waals surface area contributed by atoms with Gasteiger partial charge in [-0.1, -0.05) is 70.4 Å². The number of isocyanates is 1. The molecule has 0 unspecified atom stereocenters. The maximum absolute atomic E-state index is 10.9. The summed E-state index contributed by atoms with van der Waals surface area (Å²) in [7, 11) is 0. The number of rotatable bonds is 15. The van der Waals surface area contributed by atoms with Crippen molar-refractivity contribution in [3.05, 3.63) is 12.2 Å². The molecule has 0 heterocycles. The van der Waals surface area contributed by atoms with Crippen LogP contribution >= 0.6 is 0 Å². The van der Waals surface area contributed by atoms with E-state index in [2.05, 4.69) is 24.1 Å². The Kier molecular flexibility index (Phi) is 16.9. The minimum Gasteiger partial charge on any atom is -0.272 e. The van der Waals surface area contributed by atoms with Crippen molar-refractivity contribution in [3.8, 4) is 0 Å². The number of carbonyl (C=O) groups is 1. The maximum Gasteiger partial charge on any atom is 0.256 e. The summed E-state index contributed by atoms with van der Waals surface area (Å²) in [6.07, 6.45) is 22.4. The SMILES string of the molecule is CCCCCCCC/C=C/CCCCCCCC(=O)N=C=O. The highest BCUT2D eigenvalue weighted by Gasteiger charge is 1.98. The molecule has 0 atom stereocenters. The lowest BCUT2D eigenvalue weighted by molar-refractivity contribution is -0.117. The molecule has 0 aliphatic heterocycles. The first-order valence-corrected chi connectivity index (χ1v) is 9.07. The molecule has 0 radical (unpaired) electrons. The van der Waals surface area contributed by atoms with Gasteiger partial charge in [-0.25, -0.2) is 4.79 Å². The third-order valence-corrected chi connectivity index (χ3v) is 3.82. The van der Waals surface area contributed by atoms with Gasteiger partial charge in [-0.05, 0) is 32.1 Å². The van der Waals surface area contributed by atoms with Crippen molar-refractivity contribution in [2.45, 2.75) is 96.8 Å². The van der Waals surface area contributed by atoms with E-state index in [1.807, 2.05) is 0 Å². The summed E-state index contributed by atoms with van der Waals surface area (Å²) >= 11 is 0. The predicted molar refractivity (Wildman–Crippen MR) is 92.6 cm³/mol. The standard InChI is InChI=1S/C19H33NO2/c1-2-3-4-5-6-7-8-9-10-11-12-13-14-15-16-17-19(22)20-18-21/h9-10H,2-8,11-17H2,1H3/b10-9+. The number of carbonyl (C=O) groups excluding carboxylic acids is 2. The fraction of sp³-hybridized carbons (Fsp3) is 0.789. The first-order valence-electron chi connectivity index (χ1n) is 9.07. The van der Waals surface area contributed by atoms with Gasteiger partial charge in [-0.3, -0.25) is 4.79 Å². The van der Waals surface area contributed by atoms with Gasteiger partial charge in [0.05, 0.1) is 0 Å². The smallest absolute Gasteiger partial charge is 0.256 e. The Bertz CT molecular complexity index is 330. The number of hydrogen-bond donors (Lipinski definition) is 0. The third kappa shape index (κ3) is 16.8. The molecule has 0 aliphatic carbocycles. The van der Waals surface area contributed by atoms with E-state index < -0.39 is 0 Å². The zero-order valence-electron chi connectivity index (χ0n) is 14.3. The van der Waals surface area contributed by atoms with Crippen molar-refractivity contribution in [2.24, 2.45) is 4.99 Å². The Morgan fingerprint density at radius 2 is 1.32 bits per heavy atom. The summed E-state index contributed by atoms with van der Waals surface area (Å²) in [5.41, 5.74) is 0. The quantitative estimate of drug-likeness (QED) is 0.164. The van der Waals surface area contributed by atoms with Crippen LogP contribution in [0.3, 0.4) is 0 Å². The Hall–Kier alpha value is -1.21. The second-order valence-electron chi connectivity index (χ2n) is 5.93. The van der Waals surface area contributed by atoms with Gasteiger partial charge in [0.1, 0.15) is 0 Å². The molecule has 1 amide bonds. The summed E-state index contributed by atoms with van der Waals surface area (Å²) in [5.74, 6) is -0.340. The first-order chi connectivity index (χ1) is 10.8. The van der Waals surface area contributed by atoms with E-state index in [0.717, 1.165) is 19.3 Å². The summed E-state index contributed by atoms with van der Waals surface area (Å²) in [6.45, 7) is 2.25. The van der Waals surface area contributed by atoms with Crippen LogP contribution in [0.15, 0.2) is 17.1 Å². The van der Waals surface area contributed by atoms with Gasteiger partial charge < -0.3 is 0 Å². The number of unbranched alkanes of at least 4 members (excludes halogenated alkanes) is 11. The molecule has 126 valence electrons. The van der Waals surface area contributed by atoms with Gasteiger partial charge in [0.15, 0.2) is 0 Å². The predicted octanol–water partition coefficient (Wildman–Crippen LogP) is 5.89.